The van der Waals surface area contributed by atoms with E-state index < -0.39 is 0 Å². The standard InChI is InChI=1S/C15H10O3/c16-8-9-1-2-13-11(7-9)15-10-5-6-17-12(10)3-4-14(15)18-13/h1-7,16H,8H2. The molecule has 0 spiro atoms. The first kappa shape index (κ1) is 9.74. The van der Waals surface area contributed by atoms with E-state index in [0.717, 1.165) is 38.5 Å². The van der Waals surface area contributed by atoms with Crippen molar-refractivity contribution in [2.24, 2.45) is 0 Å². The van der Waals surface area contributed by atoms with Gasteiger partial charge in [0.05, 0.1) is 12.9 Å². The van der Waals surface area contributed by atoms with Crippen LogP contribution in [0, 0.1) is 0 Å². The molecule has 0 saturated heterocycles. The topological polar surface area (TPSA) is 46.5 Å². The maximum absolute atomic E-state index is 9.23. The van der Waals surface area contributed by atoms with Gasteiger partial charge in [-0.1, -0.05) is 6.07 Å². The summed E-state index contributed by atoms with van der Waals surface area (Å²) in [7, 11) is 0. The first-order valence-electron chi connectivity index (χ1n) is 5.79. The number of benzene rings is 2. The predicted octanol–water partition coefficient (Wildman–Crippen LogP) is 3.82. The molecule has 0 bridgehead atoms. The van der Waals surface area contributed by atoms with Crippen molar-refractivity contribution in [1.82, 2.24) is 0 Å². The first-order valence-corrected chi connectivity index (χ1v) is 5.79. The fourth-order valence-electron chi connectivity index (χ4n) is 2.47. The van der Waals surface area contributed by atoms with Crippen LogP contribution in [0.25, 0.3) is 32.9 Å². The summed E-state index contributed by atoms with van der Waals surface area (Å²) >= 11 is 0. The summed E-state index contributed by atoms with van der Waals surface area (Å²) in [6, 6.07) is 11.5. The lowest BCUT2D eigenvalue weighted by molar-refractivity contribution is 0.282. The maximum atomic E-state index is 9.23. The summed E-state index contributed by atoms with van der Waals surface area (Å²) in [6.45, 7) is 0.0317. The van der Waals surface area contributed by atoms with Gasteiger partial charge in [-0.05, 0) is 35.9 Å². The van der Waals surface area contributed by atoms with Crippen LogP contribution in [-0.4, -0.2) is 5.11 Å². The largest absolute Gasteiger partial charge is 0.464 e. The number of rotatable bonds is 1. The van der Waals surface area contributed by atoms with Gasteiger partial charge in [-0.2, -0.15) is 0 Å². The van der Waals surface area contributed by atoms with E-state index in [1.165, 1.54) is 0 Å². The molecule has 2 heterocycles. The third-order valence-corrected chi connectivity index (χ3v) is 3.31. The summed E-state index contributed by atoms with van der Waals surface area (Å²) in [5, 5.41) is 12.3. The molecule has 1 N–H and O–H groups in total. The molecule has 3 nitrogen and oxygen atoms in total. The van der Waals surface area contributed by atoms with Gasteiger partial charge in [-0.3, -0.25) is 0 Å². The Balaban J connectivity index is 2.28. The van der Waals surface area contributed by atoms with Gasteiger partial charge in [0.1, 0.15) is 16.7 Å². The van der Waals surface area contributed by atoms with Crippen LogP contribution in [0.5, 0.6) is 0 Å². The molecule has 4 rings (SSSR count). The van der Waals surface area contributed by atoms with E-state index in [2.05, 4.69) is 0 Å². The first-order chi connectivity index (χ1) is 8.86. The Labute approximate surface area is 102 Å². The Morgan fingerprint density at radius 1 is 0.889 bits per heavy atom. The second-order valence-corrected chi connectivity index (χ2v) is 4.36. The van der Waals surface area contributed by atoms with E-state index in [4.69, 9.17) is 8.83 Å². The van der Waals surface area contributed by atoms with Crippen molar-refractivity contribution < 1.29 is 13.9 Å². The smallest absolute Gasteiger partial charge is 0.136 e. The highest BCUT2D eigenvalue weighted by Gasteiger charge is 2.12. The van der Waals surface area contributed by atoms with Crippen LogP contribution in [0.2, 0.25) is 0 Å². The third-order valence-electron chi connectivity index (χ3n) is 3.31. The summed E-state index contributed by atoms with van der Waals surface area (Å²) < 4.78 is 11.2. The van der Waals surface area contributed by atoms with Crippen LogP contribution >= 0.6 is 0 Å². The van der Waals surface area contributed by atoms with E-state index in [9.17, 15) is 5.11 Å². The molecule has 0 radical (unpaired) electrons. The Bertz CT molecular complexity index is 867. The van der Waals surface area contributed by atoms with Crippen molar-refractivity contribution in [2.75, 3.05) is 0 Å². The highest BCUT2D eigenvalue weighted by molar-refractivity contribution is 6.17. The second-order valence-electron chi connectivity index (χ2n) is 4.36. The Kier molecular flexibility index (Phi) is 1.82. The van der Waals surface area contributed by atoms with Crippen LogP contribution in [0.1, 0.15) is 5.56 Å². The summed E-state index contributed by atoms with van der Waals surface area (Å²) in [4.78, 5) is 0. The van der Waals surface area contributed by atoms with Crippen LogP contribution in [-0.2, 0) is 6.61 Å². The summed E-state index contributed by atoms with van der Waals surface area (Å²) in [5.41, 5.74) is 3.40. The molecule has 2 aromatic carbocycles. The van der Waals surface area contributed by atoms with Gasteiger partial charge in [0.15, 0.2) is 0 Å². The van der Waals surface area contributed by atoms with E-state index >= 15 is 0 Å². The molecule has 0 saturated carbocycles. The van der Waals surface area contributed by atoms with Crippen LogP contribution < -0.4 is 0 Å². The Hall–Kier alpha value is -2.26. The van der Waals surface area contributed by atoms with Crippen molar-refractivity contribution in [3.05, 3.63) is 48.2 Å². The molecular weight excluding hydrogens is 228 g/mol. The highest BCUT2D eigenvalue weighted by atomic mass is 16.3. The number of hydrogen-bond donors (Lipinski definition) is 1. The second kappa shape index (κ2) is 3.37. The minimum atomic E-state index is 0.0317. The van der Waals surface area contributed by atoms with Gasteiger partial charge in [-0.15, -0.1) is 0 Å². The van der Waals surface area contributed by atoms with Crippen molar-refractivity contribution in [2.45, 2.75) is 6.61 Å². The lowest BCUT2D eigenvalue weighted by Gasteiger charge is -1.95. The molecule has 18 heavy (non-hydrogen) atoms. The fourth-order valence-corrected chi connectivity index (χ4v) is 2.47. The molecule has 0 aliphatic carbocycles. The number of aliphatic hydroxyl groups is 1. The molecule has 0 atom stereocenters. The lowest BCUT2D eigenvalue weighted by atomic mass is 10.1. The van der Waals surface area contributed by atoms with Gasteiger partial charge in [0.25, 0.3) is 0 Å². The van der Waals surface area contributed by atoms with E-state index in [-0.39, 0.29) is 6.61 Å². The van der Waals surface area contributed by atoms with Gasteiger partial charge < -0.3 is 13.9 Å². The SMILES string of the molecule is OCc1ccc2oc3ccc4occc4c3c2c1. The zero-order valence-corrected chi connectivity index (χ0v) is 9.51. The summed E-state index contributed by atoms with van der Waals surface area (Å²) in [6.07, 6.45) is 1.68. The normalized spacial score (nSPS) is 11.8. The average Bonchev–Trinajstić information content (AvgIpc) is 3.00. The van der Waals surface area contributed by atoms with Crippen molar-refractivity contribution >= 4 is 32.9 Å². The van der Waals surface area contributed by atoms with Crippen LogP contribution in [0.3, 0.4) is 0 Å². The third kappa shape index (κ3) is 1.17. The lowest BCUT2D eigenvalue weighted by Crippen LogP contribution is -1.80. The maximum Gasteiger partial charge on any atom is 0.136 e. The highest BCUT2D eigenvalue weighted by Crippen LogP contribution is 2.35. The number of aliphatic hydroxyl groups excluding tert-OH is 1. The van der Waals surface area contributed by atoms with Crippen LogP contribution in [0.15, 0.2) is 51.5 Å². The van der Waals surface area contributed by atoms with Crippen molar-refractivity contribution in [3.8, 4) is 0 Å². The Morgan fingerprint density at radius 2 is 1.72 bits per heavy atom. The number of hydrogen-bond acceptors (Lipinski definition) is 3. The molecule has 4 aromatic rings. The zero-order valence-electron chi connectivity index (χ0n) is 9.51. The number of furan rings is 2. The minimum absolute atomic E-state index is 0.0317. The monoisotopic (exact) mass is 238 g/mol. The van der Waals surface area contributed by atoms with Gasteiger partial charge >= 0.3 is 0 Å². The molecule has 0 amide bonds. The van der Waals surface area contributed by atoms with E-state index in [1.807, 2.05) is 36.4 Å². The molecule has 88 valence electrons. The number of fused-ring (bicyclic) bond motifs is 5. The van der Waals surface area contributed by atoms with E-state index in [1.54, 1.807) is 6.26 Å². The minimum Gasteiger partial charge on any atom is -0.464 e. The van der Waals surface area contributed by atoms with Crippen molar-refractivity contribution in [3.63, 3.8) is 0 Å². The molecule has 0 aliphatic rings. The molecule has 3 heteroatoms. The van der Waals surface area contributed by atoms with Gasteiger partial charge in [-0.25, -0.2) is 0 Å². The molecule has 0 fully saturated rings. The predicted molar refractivity (Wildman–Crippen MR) is 69.4 cm³/mol. The van der Waals surface area contributed by atoms with Gasteiger partial charge in [0.2, 0.25) is 0 Å². The molecule has 0 unspecified atom stereocenters. The summed E-state index contributed by atoms with van der Waals surface area (Å²) in [5.74, 6) is 0. The molecule has 2 aromatic heterocycles. The quantitative estimate of drug-likeness (QED) is 0.548. The van der Waals surface area contributed by atoms with Gasteiger partial charge in [0, 0.05) is 16.2 Å². The molecule has 0 aliphatic heterocycles. The Morgan fingerprint density at radius 3 is 2.61 bits per heavy atom. The van der Waals surface area contributed by atoms with Crippen LogP contribution in [0.4, 0.5) is 0 Å². The zero-order chi connectivity index (χ0) is 12.1. The molecular formula is C15H10O3. The average molecular weight is 238 g/mol. The van der Waals surface area contributed by atoms with E-state index in [0.29, 0.717) is 0 Å². The fraction of sp³-hybridized carbons (Fsp3) is 0.0667. The van der Waals surface area contributed by atoms with Crippen molar-refractivity contribution in [1.29, 1.82) is 0 Å².